The van der Waals surface area contributed by atoms with E-state index in [1.165, 1.54) is 10.5 Å². The largest absolute Gasteiger partial charge is 0.488 e. The standard InChI is InChI=1S/C21H21BrN2O3/c1-3-9-24-20(25)18(23-21(24)26)12-15-7-8-19(17(22)11-15)27-13-16-6-4-5-14(2)10-16/h4-8,10-12H,3,9,13H2,1-2H3,(H,23,26)/b18-12+. The lowest BCUT2D eigenvalue weighted by Crippen LogP contribution is -2.31. The van der Waals surface area contributed by atoms with E-state index in [2.05, 4.69) is 27.3 Å². The molecule has 1 aliphatic heterocycles. The van der Waals surface area contributed by atoms with Crippen molar-refractivity contribution in [3.8, 4) is 5.75 Å². The van der Waals surface area contributed by atoms with Gasteiger partial charge in [-0.15, -0.1) is 0 Å². The normalized spacial score (nSPS) is 15.4. The van der Waals surface area contributed by atoms with E-state index in [1.807, 2.05) is 50.2 Å². The minimum absolute atomic E-state index is 0.286. The number of carbonyl (C=O) groups excluding carboxylic acids is 2. The molecule has 27 heavy (non-hydrogen) atoms. The van der Waals surface area contributed by atoms with E-state index in [4.69, 9.17) is 4.74 Å². The number of aryl methyl sites for hydroxylation is 1. The number of nitrogens with zero attached hydrogens (tertiary/aromatic N) is 1. The molecule has 1 aliphatic rings. The number of hydrogen-bond donors (Lipinski definition) is 1. The van der Waals surface area contributed by atoms with Crippen LogP contribution in [0.15, 0.2) is 52.6 Å². The minimum atomic E-state index is -0.370. The van der Waals surface area contributed by atoms with Crippen LogP contribution in [0.4, 0.5) is 4.79 Å². The van der Waals surface area contributed by atoms with Gasteiger partial charge < -0.3 is 10.1 Å². The van der Waals surface area contributed by atoms with Gasteiger partial charge in [-0.1, -0.05) is 42.8 Å². The Kier molecular flexibility index (Phi) is 5.96. The Morgan fingerprint density at radius 1 is 1.19 bits per heavy atom. The zero-order chi connectivity index (χ0) is 19.4. The monoisotopic (exact) mass is 428 g/mol. The van der Waals surface area contributed by atoms with Crippen LogP contribution in [0.5, 0.6) is 5.75 Å². The molecule has 2 aromatic carbocycles. The van der Waals surface area contributed by atoms with E-state index < -0.39 is 0 Å². The van der Waals surface area contributed by atoms with Gasteiger partial charge in [-0.2, -0.15) is 0 Å². The number of nitrogens with one attached hydrogen (secondary N) is 1. The predicted molar refractivity (Wildman–Crippen MR) is 108 cm³/mol. The van der Waals surface area contributed by atoms with Gasteiger partial charge in [-0.25, -0.2) is 4.79 Å². The molecule has 3 amide bonds. The van der Waals surface area contributed by atoms with Gasteiger partial charge >= 0.3 is 6.03 Å². The maximum atomic E-state index is 12.3. The number of urea groups is 1. The average molecular weight is 429 g/mol. The number of halogens is 1. The summed E-state index contributed by atoms with van der Waals surface area (Å²) in [5.41, 5.74) is 3.38. The maximum Gasteiger partial charge on any atom is 0.329 e. The highest BCUT2D eigenvalue weighted by atomic mass is 79.9. The highest BCUT2D eigenvalue weighted by Crippen LogP contribution is 2.28. The fraction of sp³-hybridized carbons (Fsp3) is 0.238. The van der Waals surface area contributed by atoms with Crippen LogP contribution in [0, 0.1) is 6.92 Å². The molecule has 1 fully saturated rings. The molecule has 140 valence electrons. The molecule has 0 radical (unpaired) electrons. The Morgan fingerprint density at radius 3 is 2.70 bits per heavy atom. The lowest BCUT2D eigenvalue weighted by atomic mass is 10.1. The zero-order valence-electron chi connectivity index (χ0n) is 15.3. The molecule has 0 aromatic heterocycles. The van der Waals surface area contributed by atoms with E-state index in [-0.39, 0.29) is 17.6 Å². The molecule has 1 N–H and O–H groups in total. The summed E-state index contributed by atoms with van der Waals surface area (Å²) in [7, 11) is 0. The van der Waals surface area contributed by atoms with Crippen molar-refractivity contribution in [3.63, 3.8) is 0 Å². The third kappa shape index (κ3) is 4.57. The van der Waals surface area contributed by atoms with Gasteiger partial charge in [-0.05, 0) is 58.6 Å². The summed E-state index contributed by atoms with van der Waals surface area (Å²) in [6.45, 7) is 4.86. The van der Waals surface area contributed by atoms with Crippen LogP contribution in [-0.4, -0.2) is 23.4 Å². The molecule has 0 unspecified atom stereocenters. The number of rotatable bonds is 6. The van der Waals surface area contributed by atoms with Gasteiger partial charge in [0.15, 0.2) is 0 Å². The summed E-state index contributed by atoms with van der Waals surface area (Å²) < 4.78 is 6.66. The van der Waals surface area contributed by atoms with Crippen LogP contribution < -0.4 is 10.1 Å². The molecular weight excluding hydrogens is 408 g/mol. The summed E-state index contributed by atoms with van der Waals surface area (Å²) in [6.07, 6.45) is 2.40. The molecule has 0 aliphatic carbocycles. The molecule has 1 saturated heterocycles. The van der Waals surface area contributed by atoms with Gasteiger partial charge in [0.1, 0.15) is 18.1 Å². The Labute approximate surface area is 167 Å². The number of benzene rings is 2. The average Bonchev–Trinajstić information content (AvgIpc) is 2.89. The van der Waals surface area contributed by atoms with Crippen molar-refractivity contribution >= 4 is 33.9 Å². The highest BCUT2D eigenvalue weighted by molar-refractivity contribution is 9.10. The van der Waals surface area contributed by atoms with Crippen molar-refractivity contribution in [2.24, 2.45) is 0 Å². The van der Waals surface area contributed by atoms with E-state index in [9.17, 15) is 9.59 Å². The third-order valence-corrected chi connectivity index (χ3v) is 4.77. The zero-order valence-corrected chi connectivity index (χ0v) is 16.9. The first kappa shape index (κ1) is 19.2. The second-order valence-corrected chi connectivity index (χ2v) is 7.27. The fourth-order valence-electron chi connectivity index (χ4n) is 2.85. The second kappa shape index (κ2) is 8.39. The number of carbonyl (C=O) groups is 2. The molecular formula is C21H21BrN2O3. The summed E-state index contributed by atoms with van der Waals surface area (Å²) in [5, 5.41) is 2.63. The summed E-state index contributed by atoms with van der Waals surface area (Å²) in [6, 6.07) is 13.4. The van der Waals surface area contributed by atoms with Crippen molar-refractivity contribution in [1.82, 2.24) is 10.2 Å². The Balaban J connectivity index is 1.71. The molecule has 0 atom stereocenters. The predicted octanol–water partition coefficient (Wildman–Crippen LogP) is 4.64. The highest BCUT2D eigenvalue weighted by Gasteiger charge is 2.32. The smallest absolute Gasteiger partial charge is 0.329 e. The third-order valence-electron chi connectivity index (χ3n) is 4.15. The van der Waals surface area contributed by atoms with E-state index >= 15 is 0 Å². The topological polar surface area (TPSA) is 58.6 Å². The maximum absolute atomic E-state index is 12.3. The Morgan fingerprint density at radius 2 is 2.00 bits per heavy atom. The molecule has 1 heterocycles. The van der Waals surface area contributed by atoms with Crippen molar-refractivity contribution in [2.75, 3.05) is 6.54 Å². The van der Waals surface area contributed by atoms with Gasteiger partial charge in [-0.3, -0.25) is 9.69 Å². The van der Waals surface area contributed by atoms with Crippen LogP contribution in [0.3, 0.4) is 0 Å². The van der Waals surface area contributed by atoms with Gasteiger partial charge in [0.05, 0.1) is 4.47 Å². The Bertz CT molecular complexity index is 908. The van der Waals surface area contributed by atoms with Gasteiger partial charge in [0, 0.05) is 6.54 Å². The SMILES string of the molecule is CCCN1C(=O)N/C(=C/c2ccc(OCc3cccc(C)c3)c(Br)c2)C1=O. The molecule has 3 rings (SSSR count). The Hall–Kier alpha value is -2.60. The van der Waals surface area contributed by atoms with Crippen molar-refractivity contribution < 1.29 is 14.3 Å². The molecule has 5 nitrogen and oxygen atoms in total. The van der Waals surface area contributed by atoms with Crippen molar-refractivity contribution in [1.29, 1.82) is 0 Å². The summed E-state index contributed by atoms with van der Waals surface area (Å²) in [5.74, 6) is 0.422. The molecule has 0 spiro atoms. The number of amides is 3. The number of imide groups is 1. The lowest BCUT2D eigenvalue weighted by Gasteiger charge is -2.10. The fourth-order valence-corrected chi connectivity index (χ4v) is 3.36. The minimum Gasteiger partial charge on any atom is -0.488 e. The lowest BCUT2D eigenvalue weighted by molar-refractivity contribution is -0.122. The molecule has 2 aromatic rings. The van der Waals surface area contributed by atoms with Crippen LogP contribution in [0.2, 0.25) is 0 Å². The van der Waals surface area contributed by atoms with Gasteiger partial charge in [0.2, 0.25) is 0 Å². The first-order valence-electron chi connectivity index (χ1n) is 8.80. The molecule has 0 bridgehead atoms. The van der Waals surface area contributed by atoms with Crippen LogP contribution in [0.1, 0.15) is 30.0 Å². The first-order chi connectivity index (χ1) is 13.0. The van der Waals surface area contributed by atoms with Gasteiger partial charge in [0.25, 0.3) is 5.91 Å². The van der Waals surface area contributed by atoms with E-state index in [0.29, 0.717) is 18.9 Å². The van der Waals surface area contributed by atoms with Crippen LogP contribution in [-0.2, 0) is 11.4 Å². The van der Waals surface area contributed by atoms with Crippen molar-refractivity contribution in [2.45, 2.75) is 26.9 Å². The van der Waals surface area contributed by atoms with Crippen molar-refractivity contribution in [3.05, 3.63) is 69.3 Å². The second-order valence-electron chi connectivity index (χ2n) is 6.41. The first-order valence-corrected chi connectivity index (χ1v) is 9.59. The van der Waals surface area contributed by atoms with E-state index in [0.717, 1.165) is 22.0 Å². The van der Waals surface area contributed by atoms with E-state index in [1.54, 1.807) is 6.08 Å². The van der Waals surface area contributed by atoms with Crippen LogP contribution >= 0.6 is 15.9 Å². The number of hydrogen-bond acceptors (Lipinski definition) is 3. The summed E-state index contributed by atoms with van der Waals surface area (Å²) >= 11 is 3.51. The van der Waals surface area contributed by atoms with Crippen LogP contribution in [0.25, 0.3) is 6.08 Å². The molecule has 0 saturated carbocycles. The molecule has 6 heteroatoms. The number of ether oxygens (including phenoxy) is 1. The summed E-state index contributed by atoms with van der Waals surface area (Å²) in [4.78, 5) is 25.4. The quantitative estimate of drug-likeness (QED) is 0.538.